The lowest BCUT2D eigenvalue weighted by Gasteiger charge is -2.00. The second kappa shape index (κ2) is 4.70. The van der Waals surface area contributed by atoms with Gasteiger partial charge in [-0.1, -0.05) is 25.1 Å². The van der Waals surface area contributed by atoms with Crippen LogP contribution in [0.4, 0.5) is 4.39 Å². The summed E-state index contributed by atoms with van der Waals surface area (Å²) in [6.45, 7) is 3.85. The van der Waals surface area contributed by atoms with Crippen LogP contribution in [0, 0.1) is 11.2 Å². The number of halogens is 1. The summed E-state index contributed by atoms with van der Waals surface area (Å²) in [5.74, 6) is -0.231. The summed E-state index contributed by atoms with van der Waals surface area (Å²) in [5, 5.41) is 7.59. The molecule has 0 aliphatic rings. The van der Waals surface area contributed by atoms with Crippen LogP contribution in [0.15, 0.2) is 29.8 Å². The number of hydrogen-bond acceptors (Lipinski definition) is 1. The fourth-order valence-electron chi connectivity index (χ4n) is 1.17. The molecule has 1 N–H and O–H groups in total. The Morgan fingerprint density at radius 2 is 1.93 bits per heavy atom. The van der Waals surface area contributed by atoms with Crippen molar-refractivity contribution in [3.63, 3.8) is 0 Å². The van der Waals surface area contributed by atoms with Crippen LogP contribution in [0.2, 0.25) is 0 Å². The first-order valence-corrected chi connectivity index (χ1v) is 4.65. The molecule has 2 heteroatoms. The number of allylic oxidation sites excluding steroid dienone is 1. The van der Waals surface area contributed by atoms with Gasteiger partial charge in [-0.25, -0.2) is 4.39 Å². The average molecular weight is 191 g/mol. The molecule has 0 bridgehead atoms. The van der Waals surface area contributed by atoms with Crippen molar-refractivity contribution in [2.24, 2.45) is 0 Å². The van der Waals surface area contributed by atoms with Gasteiger partial charge in [-0.15, -0.1) is 0 Å². The highest BCUT2D eigenvalue weighted by atomic mass is 19.1. The lowest BCUT2D eigenvalue weighted by molar-refractivity contribution is 0.628. The largest absolute Gasteiger partial charge is 0.305 e. The fraction of sp³-hybridized carbons (Fsp3) is 0.250. The van der Waals surface area contributed by atoms with E-state index in [1.165, 1.54) is 12.1 Å². The SMILES string of the molecule is CCC(=N)C(C)=Cc1ccc(F)cc1. The molecular weight excluding hydrogens is 177 g/mol. The Bertz CT molecular complexity index is 349. The minimum Gasteiger partial charge on any atom is -0.305 e. The molecule has 0 spiro atoms. The minimum atomic E-state index is -0.231. The van der Waals surface area contributed by atoms with E-state index in [0.717, 1.165) is 17.6 Å². The van der Waals surface area contributed by atoms with Gasteiger partial charge in [0.15, 0.2) is 0 Å². The lowest BCUT2D eigenvalue weighted by atomic mass is 10.1. The Hall–Kier alpha value is -1.44. The van der Waals surface area contributed by atoms with E-state index in [1.807, 2.05) is 19.9 Å². The average Bonchev–Trinajstić information content (AvgIpc) is 2.20. The molecule has 0 aromatic heterocycles. The third-order valence-electron chi connectivity index (χ3n) is 2.08. The lowest BCUT2D eigenvalue weighted by Crippen LogP contribution is -1.94. The van der Waals surface area contributed by atoms with E-state index in [0.29, 0.717) is 5.71 Å². The van der Waals surface area contributed by atoms with E-state index in [4.69, 9.17) is 5.41 Å². The molecule has 0 fully saturated rings. The van der Waals surface area contributed by atoms with Gasteiger partial charge in [-0.3, -0.25) is 0 Å². The van der Waals surface area contributed by atoms with Gasteiger partial charge in [0, 0.05) is 5.71 Å². The van der Waals surface area contributed by atoms with Gasteiger partial charge in [-0.05, 0) is 36.6 Å². The summed E-state index contributed by atoms with van der Waals surface area (Å²) in [5.41, 5.74) is 2.48. The highest BCUT2D eigenvalue weighted by Gasteiger charge is 1.96. The van der Waals surface area contributed by atoms with Crippen molar-refractivity contribution < 1.29 is 4.39 Å². The molecule has 1 aromatic rings. The van der Waals surface area contributed by atoms with Crippen molar-refractivity contribution in [1.29, 1.82) is 5.41 Å². The van der Waals surface area contributed by atoms with Crippen LogP contribution in [0.1, 0.15) is 25.8 Å². The molecule has 0 saturated heterocycles. The highest BCUT2D eigenvalue weighted by Crippen LogP contribution is 2.09. The Labute approximate surface area is 83.8 Å². The van der Waals surface area contributed by atoms with E-state index in [2.05, 4.69) is 0 Å². The molecule has 0 aliphatic carbocycles. The third kappa shape index (κ3) is 2.80. The molecule has 0 atom stereocenters. The number of rotatable bonds is 3. The molecule has 74 valence electrons. The van der Waals surface area contributed by atoms with E-state index >= 15 is 0 Å². The van der Waals surface area contributed by atoms with Gasteiger partial charge >= 0.3 is 0 Å². The van der Waals surface area contributed by atoms with Gasteiger partial charge in [-0.2, -0.15) is 0 Å². The van der Waals surface area contributed by atoms with Crippen LogP contribution in [-0.4, -0.2) is 5.71 Å². The monoisotopic (exact) mass is 191 g/mol. The molecule has 0 saturated carbocycles. The summed E-state index contributed by atoms with van der Waals surface area (Å²) in [4.78, 5) is 0. The summed E-state index contributed by atoms with van der Waals surface area (Å²) < 4.78 is 12.6. The molecule has 0 radical (unpaired) electrons. The summed E-state index contributed by atoms with van der Waals surface area (Å²) in [6.07, 6.45) is 2.62. The Kier molecular flexibility index (Phi) is 3.57. The van der Waals surface area contributed by atoms with Gasteiger partial charge in [0.05, 0.1) is 0 Å². The van der Waals surface area contributed by atoms with Crippen LogP contribution in [0.5, 0.6) is 0 Å². The van der Waals surface area contributed by atoms with Crippen molar-refractivity contribution in [1.82, 2.24) is 0 Å². The molecule has 1 nitrogen and oxygen atoms in total. The minimum absolute atomic E-state index is 0.231. The molecule has 0 amide bonds. The second-order valence-electron chi connectivity index (χ2n) is 3.21. The maximum Gasteiger partial charge on any atom is 0.123 e. The number of nitrogens with one attached hydrogen (secondary N) is 1. The van der Waals surface area contributed by atoms with Gasteiger partial charge in [0.1, 0.15) is 5.82 Å². The first-order valence-electron chi connectivity index (χ1n) is 4.65. The molecule has 0 aliphatic heterocycles. The van der Waals surface area contributed by atoms with Crippen molar-refractivity contribution in [2.75, 3.05) is 0 Å². The van der Waals surface area contributed by atoms with Crippen molar-refractivity contribution in [2.45, 2.75) is 20.3 Å². The van der Waals surface area contributed by atoms with Crippen LogP contribution < -0.4 is 0 Å². The van der Waals surface area contributed by atoms with Gasteiger partial charge in [0.2, 0.25) is 0 Å². The molecule has 0 heterocycles. The molecule has 14 heavy (non-hydrogen) atoms. The first-order chi connectivity index (χ1) is 6.63. The fourth-order valence-corrected chi connectivity index (χ4v) is 1.17. The van der Waals surface area contributed by atoms with Crippen molar-refractivity contribution in [3.8, 4) is 0 Å². The molecule has 1 aromatic carbocycles. The van der Waals surface area contributed by atoms with E-state index < -0.39 is 0 Å². The predicted molar refractivity (Wildman–Crippen MR) is 58.1 cm³/mol. The Balaban J connectivity index is 2.86. The predicted octanol–water partition coefficient (Wildman–Crippen LogP) is 3.66. The second-order valence-corrected chi connectivity index (χ2v) is 3.21. The highest BCUT2D eigenvalue weighted by molar-refractivity contribution is 6.00. The van der Waals surface area contributed by atoms with E-state index in [9.17, 15) is 4.39 Å². The molecule has 0 unspecified atom stereocenters. The quantitative estimate of drug-likeness (QED) is 0.705. The van der Waals surface area contributed by atoms with Crippen LogP contribution >= 0.6 is 0 Å². The van der Waals surface area contributed by atoms with Crippen LogP contribution in [-0.2, 0) is 0 Å². The maximum atomic E-state index is 12.6. The zero-order valence-electron chi connectivity index (χ0n) is 8.47. The Morgan fingerprint density at radius 3 is 2.43 bits per heavy atom. The summed E-state index contributed by atoms with van der Waals surface area (Å²) >= 11 is 0. The smallest absolute Gasteiger partial charge is 0.123 e. The Morgan fingerprint density at radius 1 is 1.36 bits per heavy atom. The van der Waals surface area contributed by atoms with E-state index in [-0.39, 0.29) is 5.82 Å². The topological polar surface area (TPSA) is 23.9 Å². The zero-order chi connectivity index (χ0) is 10.6. The van der Waals surface area contributed by atoms with E-state index in [1.54, 1.807) is 12.1 Å². The van der Waals surface area contributed by atoms with Gasteiger partial charge < -0.3 is 5.41 Å². The number of hydrogen-bond donors (Lipinski definition) is 1. The van der Waals surface area contributed by atoms with Crippen LogP contribution in [0.3, 0.4) is 0 Å². The molecular formula is C12H14FN. The summed E-state index contributed by atoms with van der Waals surface area (Å²) in [6, 6.07) is 6.27. The standard InChI is InChI=1S/C12H14FN/c1-3-12(14)9(2)8-10-4-6-11(13)7-5-10/h4-8,14H,3H2,1-2H3. The normalized spacial score (nSPS) is 11.5. The van der Waals surface area contributed by atoms with Crippen LogP contribution in [0.25, 0.3) is 6.08 Å². The summed E-state index contributed by atoms with van der Waals surface area (Å²) in [7, 11) is 0. The first kappa shape index (κ1) is 10.6. The van der Waals surface area contributed by atoms with Crippen molar-refractivity contribution in [3.05, 3.63) is 41.2 Å². The van der Waals surface area contributed by atoms with Crippen molar-refractivity contribution >= 4 is 11.8 Å². The molecule has 1 rings (SSSR count). The maximum absolute atomic E-state index is 12.6. The number of benzene rings is 1. The zero-order valence-corrected chi connectivity index (χ0v) is 8.47. The van der Waals surface area contributed by atoms with Gasteiger partial charge in [0.25, 0.3) is 0 Å². The third-order valence-corrected chi connectivity index (χ3v) is 2.08.